The molecule has 2 aromatic heterocycles. The van der Waals surface area contributed by atoms with Gasteiger partial charge in [0.05, 0.1) is 10.6 Å². The van der Waals surface area contributed by atoms with Gasteiger partial charge in [0.25, 0.3) is 11.2 Å². The smallest absolute Gasteiger partial charge is 0.288 e. The minimum atomic E-state index is -0.604. The van der Waals surface area contributed by atoms with Gasteiger partial charge in [-0.2, -0.15) is 9.78 Å². The average Bonchev–Trinajstić information content (AvgIpc) is 3.22. The monoisotopic (exact) mass is 422 g/mol. The van der Waals surface area contributed by atoms with Gasteiger partial charge in [0.2, 0.25) is 5.95 Å². The summed E-state index contributed by atoms with van der Waals surface area (Å²) >= 11 is 6.04. The first-order valence-corrected chi connectivity index (χ1v) is 9.08. The molecule has 1 aliphatic heterocycles. The zero-order valence-electron chi connectivity index (χ0n) is 15.0. The van der Waals surface area contributed by atoms with E-state index < -0.39 is 16.5 Å². The van der Waals surface area contributed by atoms with Crippen LogP contribution in [0.3, 0.4) is 0 Å². The lowest BCUT2D eigenvalue weighted by Gasteiger charge is -2.27. The van der Waals surface area contributed by atoms with Crippen molar-refractivity contribution in [2.24, 2.45) is 0 Å². The molecule has 1 atom stereocenters. The van der Waals surface area contributed by atoms with E-state index in [4.69, 9.17) is 11.6 Å². The molecule has 11 nitrogen and oxygen atoms in total. The first-order valence-electron chi connectivity index (χ1n) is 8.70. The van der Waals surface area contributed by atoms with Crippen molar-refractivity contribution in [3.05, 3.63) is 85.1 Å². The first kappa shape index (κ1) is 17.9. The van der Waals surface area contributed by atoms with Crippen molar-refractivity contribution in [1.82, 2.24) is 30.4 Å². The van der Waals surface area contributed by atoms with Gasteiger partial charge in [-0.05, 0) is 28.1 Å². The van der Waals surface area contributed by atoms with E-state index in [2.05, 4.69) is 31.0 Å². The third kappa shape index (κ3) is 2.79. The number of nitrogens with zero attached hydrogens (tertiary/aromatic N) is 6. The van der Waals surface area contributed by atoms with Crippen LogP contribution in [0.4, 0.5) is 17.3 Å². The molecule has 0 bridgehead atoms. The molecule has 0 radical (unpaired) electrons. The Hall–Kier alpha value is -4.12. The highest BCUT2D eigenvalue weighted by Gasteiger charge is 2.34. The Morgan fingerprint density at radius 1 is 1.17 bits per heavy atom. The number of fused-ring (bicyclic) bond motifs is 2. The molecule has 2 N–H and O–H groups in total. The molecule has 0 aliphatic carbocycles. The fourth-order valence-corrected chi connectivity index (χ4v) is 3.60. The fourth-order valence-electron chi connectivity index (χ4n) is 3.48. The van der Waals surface area contributed by atoms with Crippen molar-refractivity contribution in [3.8, 4) is 11.3 Å². The SMILES string of the molecule is O=c1[nH]nc(-c2cccc([N+](=O)[O-])c2)c2c1Nc1nnnn1[C@H]2c1ccc(Cl)cc1. The number of benzene rings is 2. The third-order valence-corrected chi connectivity index (χ3v) is 5.04. The molecule has 2 aromatic carbocycles. The predicted octanol–water partition coefficient (Wildman–Crippen LogP) is 2.68. The van der Waals surface area contributed by atoms with E-state index in [1.165, 1.54) is 16.8 Å². The van der Waals surface area contributed by atoms with E-state index in [0.29, 0.717) is 21.8 Å². The highest BCUT2D eigenvalue weighted by Crippen LogP contribution is 2.41. The molecule has 148 valence electrons. The molecule has 30 heavy (non-hydrogen) atoms. The summed E-state index contributed by atoms with van der Waals surface area (Å²) in [7, 11) is 0. The van der Waals surface area contributed by atoms with Crippen LogP contribution in [0.5, 0.6) is 0 Å². The zero-order valence-corrected chi connectivity index (χ0v) is 15.7. The normalized spacial score (nSPS) is 14.5. The third-order valence-electron chi connectivity index (χ3n) is 4.78. The van der Waals surface area contributed by atoms with E-state index in [-0.39, 0.29) is 17.3 Å². The Kier molecular flexibility index (Phi) is 4.03. The molecule has 0 spiro atoms. The number of halogens is 1. The number of aromatic amines is 1. The van der Waals surface area contributed by atoms with Crippen LogP contribution in [0.1, 0.15) is 17.2 Å². The lowest BCUT2D eigenvalue weighted by atomic mass is 9.92. The van der Waals surface area contributed by atoms with Crippen molar-refractivity contribution in [2.75, 3.05) is 5.32 Å². The van der Waals surface area contributed by atoms with Crippen LogP contribution in [0, 0.1) is 10.1 Å². The molecule has 3 heterocycles. The number of nitro groups is 1. The lowest BCUT2D eigenvalue weighted by Crippen LogP contribution is -2.29. The van der Waals surface area contributed by atoms with Gasteiger partial charge in [-0.15, -0.1) is 0 Å². The van der Waals surface area contributed by atoms with Gasteiger partial charge in [0.1, 0.15) is 11.7 Å². The van der Waals surface area contributed by atoms with Crippen molar-refractivity contribution in [3.63, 3.8) is 0 Å². The summed E-state index contributed by atoms with van der Waals surface area (Å²) in [6.45, 7) is 0. The summed E-state index contributed by atoms with van der Waals surface area (Å²) in [4.78, 5) is 23.4. The number of non-ortho nitro benzene ring substituents is 1. The largest absolute Gasteiger partial charge is 0.318 e. The average molecular weight is 423 g/mol. The molecule has 0 amide bonds. The Morgan fingerprint density at radius 3 is 2.73 bits per heavy atom. The molecular weight excluding hydrogens is 412 g/mol. The van der Waals surface area contributed by atoms with Crippen molar-refractivity contribution < 1.29 is 4.92 Å². The van der Waals surface area contributed by atoms with E-state index in [9.17, 15) is 14.9 Å². The summed E-state index contributed by atoms with van der Waals surface area (Å²) in [5.74, 6) is 0.282. The van der Waals surface area contributed by atoms with Gasteiger partial charge in [0.15, 0.2) is 0 Å². The minimum Gasteiger partial charge on any atom is -0.318 e. The van der Waals surface area contributed by atoms with Crippen LogP contribution >= 0.6 is 11.6 Å². The second-order valence-corrected chi connectivity index (χ2v) is 6.96. The number of aromatic nitrogens is 6. The standard InChI is InChI=1S/C18H11ClN8O3/c19-11-6-4-9(5-7-11)16-13-14(10-2-1-3-12(8-10)27(29)30)21-22-17(28)15(13)20-18-23-24-25-26(16)18/h1-8,16H,(H,22,28)(H,20,23,25)/t16-/m0/s1. The van der Waals surface area contributed by atoms with E-state index in [0.717, 1.165) is 5.56 Å². The summed E-state index contributed by atoms with van der Waals surface area (Å²) in [5.41, 5.74) is 1.73. The van der Waals surface area contributed by atoms with Gasteiger partial charge >= 0.3 is 0 Å². The molecule has 5 rings (SSSR count). The number of hydrogen-bond acceptors (Lipinski definition) is 8. The maximum absolute atomic E-state index is 12.6. The maximum atomic E-state index is 12.6. The summed E-state index contributed by atoms with van der Waals surface area (Å²) in [5, 5.41) is 33.1. The number of rotatable bonds is 3. The lowest BCUT2D eigenvalue weighted by molar-refractivity contribution is -0.384. The van der Waals surface area contributed by atoms with Crippen molar-refractivity contribution in [2.45, 2.75) is 6.04 Å². The summed E-state index contributed by atoms with van der Waals surface area (Å²) in [6, 6.07) is 12.5. The van der Waals surface area contributed by atoms with Gasteiger partial charge in [-0.3, -0.25) is 14.9 Å². The summed E-state index contributed by atoms with van der Waals surface area (Å²) in [6.07, 6.45) is 0. The van der Waals surface area contributed by atoms with E-state index in [1.54, 1.807) is 36.4 Å². The van der Waals surface area contributed by atoms with Gasteiger partial charge < -0.3 is 5.32 Å². The minimum absolute atomic E-state index is 0.0934. The van der Waals surface area contributed by atoms with Crippen LogP contribution < -0.4 is 10.9 Å². The number of nitro benzene ring substituents is 1. The van der Waals surface area contributed by atoms with Crippen LogP contribution in [-0.4, -0.2) is 35.3 Å². The second-order valence-electron chi connectivity index (χ2n) is 6.52. The molecule has 0 fully saturated rings. The van der Waals surface area contributed by atoms with E-state index >= 15 is 0 Å². The molecule has 0 saturated heterocycles. The molecule has 0 unspecified atom stereocenters. The molecular formula is C18H11ClN8O3. The van der Waals surface area contributed by atoms with Gasteiger partial charge in [-0.1, -0.05) is 41.0 Å². The molecule has 0 saturated carbocycles. The zero-order chi connectivity index (χ0) is 20.8. The van der Waals surface area contributed by atoms with Crippen LogP contribution in [0.25, 0.3) is 11.3 Å². The predicted molar refractivity (Wildman–Crippen MR) is 107 cm³/mol. The fraction of sp³-hybridized carbons (Fsp3) is 0.0556. The Balaban J connectivity index is 1.80. The van der Waals surface area contributed by atoms with E-state index in [1.807, 2.05) is 0 Å². The highest BCUT2D eigenvalue weighted by molar-refractivity contribution is 6.30. The summed E-state index contributed by atoms with van der Waals surface area (Å²) < 4.78 is 1.52. The van der Waals surface area contributed by atoms with Crippen LogP contribution in [0.15, 0.2) is 53.3 Å². The number of nitrogens with one attached hydrogen (secondary N) is 2. The molecule has 1 aliphatic rings. The number of anilines is 2. The molecule has 12 heteroatoms. The topological polar surface area (TPSA) is 145 Å². The number of tetrazole rings is 1. The molecule has 4 aromatic rings. The Morgan fingerprint density at radius 2 is 1.97 bits per heavy atom. The van der Waals surface area contributed by atoms with Crippen molar-refractivity contribution >= 4 is 28.9 Å². The van der Waals surface area contributed by atoms with Gasteiger partial charge in [0, 0.05) is 28.3 Å². The number of H-pyrrole nitrogens is 1. The maximum Gasteiger partial charge on any atom is 0.288 e. The Bertz CT molecular complexity index is 1350. The first-order chi connectivity index (χ1) is 14.5. The number of hydrogen-bond donors (Lipinski definition) is 2. The van der Waals surface area contributed by atoms with Crippen LogP contribution in [-0.2, 0) is 0 Å². The van der Waals surface area contributed by atoms with Crippen molar-refractivity contribution in [1.29, 1.82) is 0 Å². The van der Waals surface area contributed by atoms with Gasteiger partial charge in [-0.25, -0.2) is 5.10 Å². The van der Waals surface area contributed by atoms with Crippen LogP contribution in [0.2, 0.25) is 5.02 Å². The highest BCUT2D eigenvalue weighted by atomic mass is 35.5. The quantitative estimate of drug-likeness (QED) is 0.333. The Labute approximate surface area is 172 Å². The second kappa shape index (κ2) is 6.74.